The molecule has 3 rings (SSSR count). The fourth-order valence-corrected chi connectivity index (χ4v) is 3.35. The second-order valence-electron chi connectivity index (χ2n) is 6.30. The molecule has 0 aromatic heterocycles. The number of rotatable bonds is 6. The van der Waals surface area contributed by atoms with Gasteiger partial charge in [-0.05, 0) is 23.8 Å². The van der Waals surface area contributed by atoms with Crippen molar-refractivity contribution in [2.75, 3.05) is 13.2 Å². The highest BCUT2D eigenvalue weighted by Crippen LogP contribution is 2.24. The Kier molecular flexibility index (Phi) is 6.29. The topological polar surface area (TPSA) is 63.7 Å². The summed E-state index contributed by atoms with van der Waals surface area (Å²) in [4.78, 5) is 38.1. The first-order chi connectivity index (χ1) is 12.9. The van der Waals surface area contributed by atoms with Crippen LogP contribution < -0.4 is 0 Å². The Bertz CT molecular complexity index is 869. The molecule has 0 unspecified atom stereocenters. The largest absolute Gasteiger partial charge is 0.457 e. The maximum absolute atomic E-state index is 12.3. The fraction of sp³-hybridized carbons (Fsp3) is 0.250. The normalized spacial score (nSPS) is 16.4. The number of ether oxygens (including phenoxy) is 1. The lowest BCUT2D eigenvalue weighted by atomic mass is 10.1. The van der Waals surface area contributed by atoms with Gasteiger partial charge < -0.3 is 9.64 Å². The van der Waals surface area contributed by atoms with Crippen LogP contribution in [0.25, 0.3) is 0 Å². The molecule has 2 aromatic carbocycles. The van der Waals surface area contributed by atoms with Crippen molar-refractivity contribution < 1.29 is 19.1 Å². The van der Waals surface area contributed by atoms with E-state index >= 15 is 0 Å². The molecule has 1 fully saturated rings. The lowest BCUT2D eigenvalue weighted by Gasteiger charge is -2.17. The Morgan fingerprint density at radius 3 is 2.56 bits per heavy atom. The van der Waals surface area contributed by atoms with Gasteiger partial charge in [-0.1, -0.05) is 57.9 Å². The summed E-state index contributed by atoms with van der Waals surface area (Å²) < 4.78 is 6.00. The summed E-state index contributed by atoms with van der Waals surface area (Å²) in [6.07, 6.45) is 0.0791. The number of benzene rings is 2. The lowest BCUT2D eigenvalue weighted by molar-refractivity contribution is -0.147. The number of hydrogen-bond donors (Lipinski definition) is 0. The number of amides is 1. The first-order valence-electron chi connectivity index (χ1n) is 8.40. The molecule has 1 heterocycles. The van der Waals surface area contributed by atoms with Crippen molar-refractivity contribution in [1.29, 1.82) is 0 Å². The van der Waals surface area contributed by atoms with E-state index in [-0.39, 0.29) is 31.3 Å². The minimum absolute atomic E-state index is 0.0791. The molecule has 27 heavy (non-hydrogen) atoms. The van der Waals surface area contributed by atoms with Crippen LogP contribution in [-0.2, 0) is 20.9 Å². The third-order valence-corrected chi connectivity index (χ3v) is 5.28. The van der Waals surface area contributed by atoms with E-state index < -0.39 is 11.9 Å². The molecule has 7 heteroatoms. The zero-order valence-corrected chi connectivity index (χ0v) is 16.7. The number of likely N-dealkylation sites (tertiary alicyclic amines) is 1. The Hall–Kier alpha value is -2.18. The molecular formula is C20H17BrClNO4. The standard InChI is InChI=1S/C20H17BrClNO4/c21-16-7-5-13(6-8-16)18(24)12-27-20(26)15-9-19(25)23(11-15)10-14-3-1-2-4-17(14)22/h1-8,15H,9-12H2/t15-/m1/s1. The van der Waals surface area contributed by atoms with E-state index in [0.29, 0.717) is 17.1 Å². The summed E-state index contributed by atoms with van der Waals surface area (Å²) >= 11 is 9.43. The minimum Gasteiger partial charge on any atom is -0.457 e. The Balaban J connectivity index is 1.53. The van der Waals surface area contributed by atoms with Gasteiger partial charge in [0, 0.05) is 34.6 Å². The molecule has 0 N–H and O–H groups in total. The number of esters is 1. The van der Waals surface area contributed by atoms with E-state index in [9.17, 15) is 14.4 Å². The molecule has 140 valence electrons. The van der Waals surface area contributed by atoms with Gasteiger partial charge in [-0.15, -0.1) is 0 Å². The van der Waals surface area contributed by atoms with Gasteiger partial charge >= 0.3 is 5.97 Å². The maximum atomic E-state index is 12.3. The van der Waals surface area contributed by atoms with Gasteiger partial charge in [0.15, 0.2) is 12.4 Å². The molecule has 5 nitrogen and oxygen atoms in total. The number of Topliss-reactive ketones (excluding diaryl/α,β-unsaturated/α-hetero) is 1. The summed E-state index contributed by atoms with van der Waals surface area (Å²) in [6.45, 7) is 0.269. The molecule has 1 aliphatic heterocycles. The van der Waals surface area contributed by atoms with Gasteiger partial charge in [0.2, 0.25) is 5.91 Å². The summed E-state index contributed by atoms with van der Waals surface area (Å²) in [5, 5.41) is 0.580. The van der Waals surface area contributed by atoms with E-state index in [0.717, 1.165) is 10.0 Å². The zero-order valence-electron chi connectivity index (χ0n) is 14.4. The highest BCUT2D eigenvalue weighted by atomic mass is 79.9. The number of carbonyl (C=O) groups is 3. The fourth-order valence-electron chi connectivity index (χ4n) is 2.89. The van der Waals surface area contributed by atoms with E-state index in [1.165, 1.54) is 0 Å². The number of ketones is 1. The highest BCUT2D eigenvalue weighted by molar-refractivity contribution is 9.10. The molecule has 2 aromatic rings. The van der Waals surface area contributed by atoms with Crippen LogP contribution >= 0.6 is 27.5 Å². The lowest BCUT2D eigenvalue weighted by Crippen LogP contribution is -2.27. The number of carbonyl (C=O) groups excluding carboxylic acids is 3. The Morgan fingerprint density at radius 1 is 1.15 bits per heavy atom. The first-order valence-corrected chi connectivity index (χ1v) is 9.57. The molecule has 1 atom stereocenters. The smallest absolute Gasteiger partial charge is 0.311 e. The summed E-state index contributed by atoms with van der Waals surface area (Å²) in [6, 6.07) is 14.1. The molecule has 0 radical (unpaired) electrons. The van der Waals surface area contributed by atoms with Crippen LogP contribution in [0, 0.1) is 5.92 Å². The van der Waals surface area contributed by atoms with Crippen molar-refractivity contribution in [2.24, 2.45) is 5.92 Å². The van der Waals surface area contributed by atoms with Crippen LogP contribution in [-0.4, -0.2) is 35.7 Å². The Labute approximate surface area is 170 Å². The van der Waals surface area contributed by atoms with Crippen molar-refractivity contribution >= 4 is 45.2 Å². The molecule has 1 saturated heterocycles. The molecule has 0 spiro atoms. The van der Waals surface area contributed by atoms with E-state index in [4.69, 9.17) is 16.3 Å². The minimum atomic E-state index is -0.572. The van der Waals surface area contributed by atoms with Gasteiger partial charge in [-0.25, -0.2) is 0 Å². The van der Waals surface area contributed by atoms with Gasteiger partial charge in [0.05, 0.1) is 5.92 Å². The summed E-state index contributed by atoms with van der Waals surface area (Å²) in [7, 11) is 0. The Morgan fingerprint density at radius 2 is 1.85 bits per heavy atom. The van der Waals surface area contributed by atoms with Gasteiger partial charge in [-0.2, -0.15) is 0 Å². The molecule has 0 bridgehead atoms. The molecule has 1 aliphatic rings. The van der Waals surface area contributed by atoms with Crippen molar-refractivity contribution in [3.05, 3.63) is 69.2 Å². The predicted octanol–water partition coefficient (Wildman–Crippen LogP) is 3.88. The van der Waals surface area contributed by atoms with Crippen LogP contribution in [0.1, 0.15) is 22.3 Å². The second-order valence-corrected chi connectivity index (χ2v) is 7.63. The number of hydrogen-bond acceptors (Lipinski definition) is 4. The van der Waals surface area contributed by atoms with Crippen molar-refractivity contribution in [3.8, 4) is 0 Å². The molecule has 1 amide bonds. The van der Waals surface area contributed by atoms with E-state index in [1.807, 2.05) is 18.2 Å². The molecular weight excluding hydrogens is 434 g/mol. The van der Waals surface area contributed by atoms with Gasteiger partial charge in [0.25, 0.3) is 0 Å². The molecule has 0 saturated carbocycles. The van der Waals surface area contributed by atoms with Crippen molar-refractivity contribution in [1.82, 2.24) is 4.90 Å². The highest BCUT2D eigenvalue weighted by Gasteiger charge is 2.35. The van der Waals surface area contributed by atoms with Gasteiger partial charge in [-0.3, -0.25) is 14.4 Å². The predicted molar refractivity (Wildman–Crippen MR) is 104 cm³/mol. The average Bonchev–Trinajstić information content (AvgIpc) is 3.02. The SMILES string of the molecule is O=C(COC(=O)[C@@H]1CC(=O)N(Cc2ccccc2Cl)C1)c1ccc(Br)cc1. The van der Waals surface area contributed by atoms with Crippen LogP contribution in [0.2, 0.25) is 5.02 Å². The third-order valence-electron chi connectivity index (χ3n) is 4.38. The summed E-state index contributed by atoms with van der Waals surface area (Å²) in [5.74, 6) is -1.52. The van der Waals surface area contributed by atoms with Crippen LogP contribution in [0.15, 0.2) is 53.0 Å². The zero-order chi connectivity index (χ0) is 19.4. The quantitative estimate of drug-likeness (QED) is 0.495. The second kappa shape index (κ2) is 8.67. The van der Waals surface area contributed by atoms with Crippen molar-refractivity contribution in [3.63, 3.8) is 0 Å². The van der Waals surface area contributed by atoms with E-state index in [1.54, 1.807) is 35.2 Å². The average molecular weight is 451 g/mol. The summed E-state index contributed by atoms with van der Waals surface area (Å²) in [5.41, 5.74) is 1.29. The van der Waals surface area contributed by atoms with Crippen LogP contribution in [0.4, 0.5) is 0 Å². The monoisotopic (exact) mass is 449 g/mol. The third kappa shape index (κ3) is 4.96. The first kappa shape index (κ1) is 19.6. The number of halogens is 2. The van der Waals surface area contributed by atoms with E-state index in [2.05, 4.69) is 15.9 Å². The number of nitrogens with zero attached hydrogens (tertiary/aromatic N) is 1. The van der Waals surface area contributed by atoms with Crippen LogP contribution in [0.5, 0.6) is 0 Å². The maximum Gasteiger partial charge on any atom is 0.311 e. The van der Waals surface area contributed by atoms with Gasteiger partial charge in [0.1, 0.15) is 0 Å². The van der Waals surface area contributed by atoms with Crippen molar-refractivity contribution in [2.45, 2.75) is 13.0 Å². The molecule has 0 aliphatic carbocycles. The van der Waals surface area contributed by atoms with Crippen LogP contribution in [0.3, 0.4) is 0 Å².